The first-order chi connectivity index (χ1) is 3.64. The van der Waals surface area contributed by atoms with Gasteiger partial charge in [-0.3, -0.25) is 0 Å². The summed E-state index contributed by atoms with van der Waals surface area (Å²) in [4.78, 5) is 0. The maximum absolute atomic E-state index is 5.47. The van der Waals surface area contributed by atoms with Crippen molar-refractivity contribution >= 4 is 22.6 Å². The van der Waals surface area contributed by atoms with Crippen LogP contribution in [0.5, 0.6) is 0 Å². The van der Waals surface area contributed by atoms with E-state index in [1.807, 2.05) is 0 Å². The maximum Gasteiger partial charge on any atom is 0.0699 e. The quantitative estimate of drug-likeness (QED) is 0.490. The van der Waals surface area contributed by atoms with Gasteiger partial charge in [-0.25, -0.2) is 0 Å². The lowest BCUT2D eigenvalue weighted by Gasteiger charge is -2.42. The van der Waals surface area contributed by atoms with E-state index >= 15 is 0 Å². The van der Waals surface area contributed by atoms with Gasteiger partial charge in [0.25, 0.3) is 0 Å². The number of halogens is 1. The van der Waals surface area contributed by atoms with Crippen LogP contribution in [-0.4, -0.2) is 16.1 Å². The second kappa shape index (κ2) is 2.14. The molecule has 8 heavy (non-hydrogen) atoms. The van der Waals surface area contributed by atoms with Crippen LogP contribution < -0.4 is 0 Å². The molecule has 1 atom stereocenters. The van der Waals surface area contributed by atoms with Crippen LogP contribution in [0.2, 0.25) is 0 Å². The molecule has 0 radical (unpaired) electrons. The Kier molecular flexibility index (Phi) is 1.82. The molecule has 0 aromatic carbocycles. The Balaban J connectivity index is 2.21. The van der Waals surface area contributed by atoms with Gasteiger partial charge in [-0.1, -0.05) is 22.6 Å². The third-order valence-corrected chi connectivity index (χ3v) is 2.36. The molecule has 1 aliphatic rings. The number of hydrogen-bond acceptors (Lipinski definition) is 1. The fraction of sp³-hybridized carbons (Fsp3) is 1.00. The summed E-state index contributed by atoms with van der Waals surface area (Å²) in [7, 11) is 0. The lowest BCUT2D eigenvalue weighted by Crippen LogP contribution is -2.46. The summed E-state index contributed by atoms with van der Waals surface area (Å²) in [5.41, 5.74) is 0.190. The number of ether oxygens (including phenoxy) is 1. The molecule has 1 saturated heterocycles. The predicted octanol–water partition coefficient (Wildman–Crippen LogP) is 1.99. The van der Waals surface area contributed by atoms with Gasteiger partial charge in [-0.2, -0.15) is 0 Å². The number of hydrogen-bond donors (Lipinski definition) is 0. The molecule has 48 valence electrons. The first-order valence-corrected chi connectivity index (χ1v) is 4.40. The highest BCUT2D eigenvalue weighted by Crippen LogP contribution is 2.32. The van der Waals surface area contributed by atoms with E-state index in [4.69, 9.17) is 4.74 Å². The maximum atomic E-state index is 5.47. The van der Waals surface area contributed by atoms with E-state index in [1.165, 1.54) is 6.42 Å². The highest BCUT2D eigenvalue weighted by Gasteiger charge is 2.35. The van der Waals surface area contributed by atoms with Crippen molar-refractivity contribution in [2.75, 3.05) is 4.43 Å². The van der Waals surface area contributed by atoms with E-state index in [2.05, 4.69) is 36.4 Å². The fourth-order valence-corrected chi connectivity index (χ4v) is 1.57. The first kappa shape index (κ1) is 6.81. The minimum Gasteiger partial charge on any atom is -0.371 e. The molecule has 1 unspecified atom stereocenters. The fourth-order valence-electron chi connectivity index (χ4n) is 1.08. The van der Waals surface area contributed by atoms with E-state index in [9.17, 15) is 0 Å². The van der Waals surface area contributed by atoms with Crippen LogP contribution in [0, 0.1) is 0 Å². The molecule has 1 aliphatic heterocycles. The molecular formula is C6H11IO. The monoisotopic (exact) mass is 226 g/mol. The van der Waals surface area contributed by atoms with E-state index in [0.29, 0.717) is 6.10 Å². The highest BCUT2D eigenvalue weighted by atomic mass is 127. The Morgan fingerprint density at radius 2 is 2.25 bits per heavy atom. The molecule has 0 bridgehead atoms. The molecule has 0 saturated carbocycles. The molecule has 1 nitrogen and oxygen atoms in total. The average Bonchev–Trinajstić information content (AvgIpc) is 1.60. The molecule has 2 heteroatoms. The summed E-state index contributed by atoms with van der Waals surface area (Å²) in [6.07, 6.45) is 1.78. The highest BCUT2D eigenvalue weighted by molar-refractivity contribution is 14.1. The Bertz CT molecular complexity index is 82.5. The van der Waals surface area contributed by atoms with Crippen molar-refractivity contribution < 1.29 is 4.74 Å². The zero-order valence-corrected chi connectivity index (χ0v) is 7.44. The van der Waals surface area contributed by atoms with Crippen LogP contribution in [-0.2, 0) is 4.74 Å². The van der Waals surface area contributed by atoms with E-state index in [0.717, 1.165) is 4.43 Å². The Labute approximate surface area is 63.9 Å². The van der Waals surface area contributed by atoms with Gasteiger partial charge < -0.3 is 4.74 Å². The van der Waals surface area contributed by atoms with Gasteiger partial charge in [0.2, 0.25) is 0 Å². The van der Waals surface area contributed by atoms with Crippen molar-refractivity contribution in [3.63, 3.8) is 0 Å². The minimum absolute atomic E-state index is 0.190. The molecule has 1 heterocycles. The lowest BCUT2D eigenvalue weighted by atomic mass is 9.94. The summed E-state index contributed by atoms with van der Waals surface area (Å²) in [5, 5.41) is 0. The number of alkyl halides is 1. The standard InChI is InChI=1S/C6H11IO/c1-6(2)3-5(4-7)8-6/h5H,3-4H2,1-2H3. The van der Waals surface area contributed by atoms with Gasteiger partial charge in [-0.15, -0.1) is 0 Å². The molecule has 0 aromatic heterocycles. The molecular weight excluding hydrogens is 215 g/mol. The van der Waals surface area contributed by atoms with Crippen molar-refractivity contribution in [1.29, 1.82) is 0 Å². The number of rotatable bonds is 1. The normalized spacial score (nSPS) is 34.1. The van der Waals surface area contributed by atoms with Gasteiger partial charge in [0.15, 0.2) is 0 Å². The summed E-state index contributed by atoms with van der Waals surface area (Å²) in [6.45, 7) is 4.27. The summed E-state index contributed by atoms with van der Waals surface area (Å²) >= 11 is 2.36. The predicted molar refractivity (Wildman–Crippen MR) is 42.5 cm³/mol. The molecule has 0 aliphatic carbocycles. The summed E-state index contributed by atoms with van der Waals surface area (Å²) in [6, 6.07) is 0. The van der Waals surface area contributed by atoms with Crippen molar-refractivity contribution in [1.82, 2.24) is 0 Å². The Morgan fingerprint density at radius 3 is 2.38 bits per heavy atom. The van der Waals surface area contributed by atoms with Crippen LogP contribution in [0.1, 0.15) is 20.3 Å². The SMILES string of the molecule is CC1(C)CC(CI)O1. The van der Waals surface area contributed by atoms with Crippen molar-refractivity contribution in [3.8, 4) is 0 Å². The summed E-state index contributed by atoms with van der Waals surface area (Å²) < 4.78 is 6.61. The van der Waals surface area contributed by atoms with Gasteiger partial charge in [0.1, 0.15) is 0 Å². The van der Waals surface area contributed by atoms with Gasteiger partial charge in [-0.05, 0) is 13.8 Å². The molecule has 0 amide bonds. The van der Waals surface area contributed by atoms with Crippen LogP contribution in [0.25, 0.3) is 0 Å². The summed E-state index contributed by atoms with van der Waals surface area (Å²) in [5.74, 6) is 0. The van der Waals surface area contributed by atoms with Gasteiger partial charge >= 0.3 is 0 Å². The molecule has 0 spiro atoms. The molecule has 0 N–H and O–H groups in total. The van der Waals surface area contributed by atoms with Crippen LogP contribution >= 0.6 is 22.6 Å². The second-order valence-electron chi connectivity index (χ2n) is 2.86. The smallest absolute Gasteiger partial charge is 0.0699 e. The van der Waals surface area contributed by atoms with E-state index < -0.39 is 0 Å². The Morgan fingerprint density at radius 1 is 1.75 bits per heavy atom. The van der Waals surface area contributed by atoms with Gasteiger partial charge in [0.05, 0.1) is 11.7 Å². The minimum atomic E-state index is 0.190. The first-order valence-electron chi connectivity index (χ1n) is 2.88. The van der Waals surface area contributed by atoms with E-state index in [1.54, 1.807) is 0 Å². The molecule has 1 rings (SSSR count). The third kappa shape index (κ3) is 1.35. The third-order valence-electron chi connectivity index (χ3n) is 1.38. The van der Waals surface area contributed by atoms with Crippen LogP contribution in [0.4, 0.5) is 0 Å². The Hall–Kier alpha value is 0.690. The van der Waals surface area contributed by atoms with E-state index in [-0.39, 0.29) is 5.60 Å². The molecule has 0 aromatic rings. The van der Waals surface area contributed by atoms with Crippen LogP contribution in [0.15, 0.2) is 0 Å². The zero-order valence-electron chi connectivity index (χ0n) is 5.28. The largest absolute Gasteiger partial charge is 0.371 e. The van der Waals surface area contributed by atoms with Gasteiger partial charge in [0, 0.05) is 10.8 Å². The second-order valence-corrected chi connectivity index (χ2v) is 3.74. The topological polar surface area (TPSA) is 9.23 Å². The van der Waals surface area contributed by atoms with Crippen LogP contribution in [0.3, 0.4) is 0 Å². The molecule has 1 fully saturated rings. The lowest BCUT2D eigenvalue weighted by molar-refractivity contribution is -0.171. The van der Waals surface area contributed by atoms with Crippen molar-refractivity contribution in [2.45, 2.75) is 32.0 Å². The zero-order chi connectivity index (χ0) is 6.20. The van der Waals surface area contributed by atoms with Crippen molar-refractivity contribution in [3.05, 3.63) is 0 Å². The average molecular weight is 226 g/mol. The van der Waals surface area contributed by atoms with Crippen molar-refractivity contribution in [2.24, 2.45) is 0 Å².